The lowest BCUT2D eigenvalue weighted by atomic mass is 9.95. The van der Waals surface area contributed by atoms with E-state index in [1.54, 1.807) is 19.9 Å². The Morgan fingerprint density at radius 1 is 1.70 bits per heavy atom. The molecule has 0 radical (unpaired) electrons. The zero-order chi connectivity index (χ0) is 8.20. The molecule has 0 aliphatic carbocycles. The second-order valence-corrected chi connectivity index (χ2v) is 2.66. The molecular weight excluding hydrogens is 126 g/mol. The molecule has 0 saturated heterocycles. The van der Waals surface area contributed by atoms with Crippen molar-refractivity contribution in [2.75, 3.05) is 0 Å². The minimum Gasteiger partial charge on any atom is -0.509 e. The van der Waals surface area contributed by atoms with E-state index in [0.717, 1.165) is 0 Å². The standard InChI is InChI=1S/C8H11NO/c1-7(10)4-5-8(2,3)6-9/h4-5,10H,1H2,2-3H3/b5-4-. The van der Waals surface area contributed by atoms with Gasteiger partial charge in [0.25, 0.3) is 0 Å². The van der Waals surface area contributed by atoms with E-state index < -0.39 is 5.41 Å². The highest BCUT2D eigenvalue weighted by atomic mass is 16.3. The summed E-state index contributed by atoms with van der Waals surface area (Å²) in [5.41, 5.74) is -0.522. The Bertz CT molecular complexity index is 196. The molecule has 0 aliphatic heterocycles. The predicted octanol–water partition coefficient (Wildman–Crippen LogP) is 2.16. The number of nitriles is 1. The molecule has 10 heavy (non-hydrogen) atoms. The van der Waals surface area contributed by atoms with Crippen LogP contribution in [0.15, 0.2) is 24.5 Å². The van der Waals surface area contributed by atoms with E-state index in [4.69, 9.17) is 10.4 Å². The summed E-state index contributed by atoms with van der Waals surface area (Å²) in [4.78, 5) is 0. The molecule has 0 rings (SSSR count). The number of aliphatic hydroxyl groups is 1. The van der Waals surface area contributed by atoms with Gasteiger partial charge in [-0.2, -0.15) is 5.26 Å². The fraction of sp³-hybridized carbons (Fsp3) is 0.375. The molecule has 0 atom stereocenters. The molecule has 0 aromatic rings. The van der Waals surface area contributed by atoms with Crippen LogP contribution >= 0.6 is 0 Å². The van der Waals surface area contributed by atoms with Crippen LogP contribution in [0.5, 0.6) is 0 Å². The summed E-state index contributed by atoms with van der Waals surface area (Å²) in [5, 5.41) is 17.1. The van der Waals surface area contributed by atoms with Gasteiger partial charge in [0.05, 0.1) is 11.5 Å². The number of hydrogen-bond acceptors (Lipinski definition) is 2. The first kappa shape index (κ1) is 8.77. The molecule has 2 nitrogen and oxygen atoms in total. The molecule has 2 heteroatoms. The second kappa shape index (κ2) is 3.07. The van der Waals surface area contributed by atoms with Crippen LogP contribution in [0.4, 0.5) is 0 Å². The molecule has 0 fully saturated rings. The summed E-state index contributed by atoms with van der Waals surface area (Å²) in [7, 11) is 0. The SMILES string of the molecule is C=C(O)/C=C\C(C)(C)C#N. The summed E-state index contributed by atoms with van der Waals surface area (Å²) >= 11 is 0. The molecule has 54 valence electrons. The van der Waals surface area contributed by atoms with Crippen LogP contribution in [0, 0.1) is 16.7 Å². The van der Waals surface area contributed by atoms with Crippen LogP contribution in [-0.4, -0.2) is 5.11 Å². The van der Waals surface area contributed by atoms with E-state index in [1.165, 1.54) is 6.08 Å². The van der Waals surface area contributed by atoms with Crippen molar-refractivity contribution < 1.29 is 5.11 Å². The molecule has 1 N–H and O–H groups in total. The minimum absolute atomic E-state index is 0.0247. The summed E-state index contributed by atoms with van der Waals surface area (Å²) in [5.74, 6) is -0.0247. The van der Waals surface area contributed by atoms with Crippen molar-refractivity contribution in [3.63, 3.8) is 0 Å². The molecule has 0 heterocycles. The third-order valence-corrected chi connectivity index (χ3v) is 0.981. The van der Waals surface area contributed by atoms with Crippen LogP contribution in [0.25, 0.3) is 0 Å². The van der Waals surface area contributed by atoms with Gasteiger partial charge in [-0.3, -0.25) is 0 Å². The molecule has 0 aromatic heterocycles. The maximum atomic E-state index is 8.62. The lowest BCUT2D eigenvalue weighted by Crippen LogP contribution is -2.01. The third kappa shape index (κ3) is 3.73. The molecule has 0 spiro atoms. The maximum absolute atomic E-state index is 8.62. The smallest absolute Gasteiger partial charge is 0.108 e. The third-order valence-electron chi connectivity index (χ3n) is 0.981. The van der Waals surface area contributed by atoms with Gasteiger partial charge in [0.2, 0.25) is 0 Å². The summed E-state index contributed by atoms with van der Waals surface area (Å²) < 4.78 is 0. The highest BCUT2D eigenvalue weighted by molar-refractivity contribution is 5.15. The number of hydrogen-bond donors (Lipinski definition) is 1. The Hall–Kier alpha value is -1.23. The number of nitrogens with zero attached hydrogens (tertiary/aromatic N) is 1. The zero-order valence-electron chi connectivity index (χ0n) is 6.26. The quantitative estimate of drug-likeness (QED) is 0.468. The Morgan fingerprint density at radius 2 is 2.20 bits per heavy atom. The number of rotatable bonds is 2. The summed E-state index contributed by atoms with van der Waals surface area (Å²) in [6.07, 6.45) is 3.03. The highest BCUT2D eigenvalue weighted by Gasteiger charge is 2.10. The van der Waals surface area contributed by atoms with Gasteiger partial charge >= 0.3 is 0 Å². The van der Waals surface area contributed by atoms with E-state index in [2.05, 4.69) is 12.6 Å². The van der Waals surface area contributed by atoms with Crippen molar-refractivity contribution in [2.24, 2.45) is 5.41 Å². The van der Waals surface area contributed by atoms with Crippen LogP contribution in [0.2, 0.25) is 0 Å². The Labute approximate surface area is 61.1 Å². The second-order valence-electron chi connectivity index (χ2n) is 2.66. The Kier molecular flexibility index (Phi) is 2.69. The van der Waals surface area contributed by atoms with Crippen molar-refractivity contribution >= 4 is 0 Å². The van der Waals surface area contributed by atoms with E-state index >= 15 is 0 Å². The molecule has 0 aliphatic rings. The van der Waals surface area contributed by atoms with E-state index in [-0.39, 0.29) is 5.76 Å². The topological polar surface area (TPSA) is 44.0 Å². The van der Waals surface area contributed by atoms with Gasteiger partial charge in [-0.15, -0.1) is 0 Å². The average Bonchev–Trinajstić information content (AvgIpc) is 1.85. The lowest BCUT2D eigenvalue weighted by Gasteiger charge is -2.06. The molecule has 0 unspecified atom stereocenters. The van der Waals surface area contributed by atoms with Crippen LogP contribution in [0.1, 0.15) is 13.8 Å². The minimum atomic E-state index is -0.522. The van der Waals surface area contributed by atoms with Crippen molar-refractivity contribution in [1.82, 2.24) is 0 Å². The monoisotopic (exact) mass is 137 g/mol. The average molecular weight is 137 g/mol. The van der Waals surface area contributed by atoms with Gasteiger partial charge in [-0.1, -0.05) is 12.7 Å². The van der Waals surface area contributed by atoms with Gasteiger partial charge < -0.3 is 5.11 Å². The lowest BCUT2D eigenvalue weighted by molar-refractivity contribution is 0.433. The normalized spacial score (nSPS) is 11.3. The fourth-order valence-corrected chi connectivity index (χ4v) is 0.342. The molecule has 0 amide bonds. The zero-order valence-corrected chi connectivity index (χ0v) is 6.26. The van der Waals surface area contributed by atoms with Crippen molar-refractivity contribution in [1.29, 1.82) is 5.26 Å². The predicted molar refractivity (Wildman–Crippen MR) is 40.3 cm³/mol. The first-order valence-corrected chi connectivity index (χ1v) is 2.96. The summed E-state index contributed by atoms with van der Waals surface area (Å²) in [6.45, 7) is 6.76. The first-order chi connectivity index (χ1) is 4.48. The molecule has 0 aromatic carbocycles. The number of aliphatic hydroxyl groups excluding tert-OH is 1. The van der Waals surface area contributed by atoms with E-state index in [9.17, 15) is 0 Å². The van der Waals surface area contributed by atoms with E-state index in [0.29, 0.717) is 0 Å². The fourth-order valence-electron chi connectivity index (χ4n) is 0.342. The van der Waals surface area contributed by atoms with Gasteiger partial charge in [0.1, 0.15) is 5.76 Å². The van der Waals surface area contributed by atoms with Crippen LogP contribution < -0.4 is 0 Å². The summed E-state index contributed by atoms with van der Waals surface area (Å²) in [6, 6.07) is 2.06. The maximum Gasteiger partial charge on any atom is 0.108 e. The highest BCUT2D eigenvalue weighted by Crippen LogP contribution is 2.14. The molecule has 0 saturated carbocycles. The molecule has 0 bridgehead atoms. The van der Waals surface area contributed by atoms with Crippen molar-refractivity contribution in [3.8, 4) is 6.07 Å². The van der Waals surface area contributed by atoms with Crippen molar-refractivity contribution in [2.45, 2.75) is 13.8 Å². The molecular formula is C8H11NO. The van der Waals surface area contributed by atoms with Gasteiger partial charge in [-0.05, 0) is 19.9 Å². The van der Waals surface area contributed by atoms with Gasteiger partial charge in [0, 0.05) is 0 Å². The van der Waals surface area contributed by atoms with Crippen molar-refractivity contribution in [3.05, 3.63) is 24.5 Å². The Morgan fingerprint density at radius 3 is 2.50 bits per heavy atom. The van der Waals surface area contributed by atoms with Crippen LogP contribution in [-0.2, 0) is 0 Å². The number of allylic oxidation sites excluding steroid dienone is 2. The first-order valence-electron chi connectivity index (χ1n) is 2.96. The largest absolute Gasteiger partial charge is 0.509 e. The van der Waals surface area contributed by atoms with E-state index in [1.807, 2.05) is 0 Å². The van der Waals surface area contributed by atoms with Gasteiger partial charge in [0.15, 0.2) is 0 Å². The van der Waals surface area contributed by atoms with Crippen LogP contribution in [0.3, 0.4) is 0 Å². The van der Waals surface area contributed by atoms with Gasteiger partial charge in [-0.25, -0.2) is 0 Å². The Balaban J connectivity index is 4.16.